The summed E-state index contributed by atoms with van der Waals surface area (Å²) < 4.78 is 7.25. The summed E-state index contributed by atoms with van der Waals surface area (Å²) in [5.41, 5.74) is 3.01. The number of hydrogen-bond donors (Lipinski definition) is 0. The van der Waals surface area contributed by atoms with E-state index in [2.05, 4.69) is 39.8 Å². The number of fused-ring (bicyclic) bond motifs is 1. The number of oxazole rings is 1. The number of amides is 1. The van der Waals surface area contributed by atoms with E-state index in [1.165, 1.54) is 18.2 Å². The van der Waals surface area contributed by atoms with Gasteiger partial charge in [0.15, 0.2) is 6.39 Å². The summed E-state index contributed by atoms with van der Waals surface area (Å²) in [6.45, 7) is 1.28. The zero-order chi connectivity index (χ0) is 19.0. The molecular formula is C22H20N4O2. The highest BCUT2D eigenvalue weighted by Gasteiger charge is 2.41. The van der Waals surface area contributed by atoms with Crippen molar-refractivity contribution >= 4 is 11.6 Å². The molecule has 4 heterocycles. The van der Waals surface area contributed by atoms with E-state index >= 15 is 0 Å². The Morgan fingerprint density at radius 2 is 1.82 bits per heavy atom. The van der Waals surface area contributed by atoms with Gasteiger partial charge in [0, 0.05) is 30.9 Å². The smallest absolute Gasteiger partial charge is 0.291 e. The molecule has 5 rings (SSSR count). The van der Waals surface area contributed by atoms with Gasteiger partial charge in [-0.05, 0) is 30.5 Å². The maximum absolute atomic E-state index is 12.7. The molecule has 6 nitrogen and oxygen atoms in total. The van der Waals surface area contributed by atoms with Crippen molar-refractivity contribution in [3.63, 3.8) is 0 Å². The first-order valence-corrected chi connectivity index (χ1v) is 9.44. The Morgan fingerprint density at radius 3 is 2.54 bits per heavy atom. The second-order valence-electron chi connectivity index (χ2n) is 7.20. The first-order chi connectivity index (χ1) is 13.8. The summed E-state index contributed by atoms with van der Waals surface area (Å²) in [6.07, 6.45) is 8.52. The molecule has 1 aromatic carbocycles. The lowest BCUT2D eigenvalue weighted by Crippen LogP contribution is -2.46. The first kappa shape index (κ1) is 16.7. The molecule has 0 aliphatic carbocycles. The minimum absolute atomic E-state index is 0.103. The van der Waals surface area contributed by atoms with E-state index in [0.717, 1.165) is 24.2 Å². The molecule has 1 amide bonds. The second kappa shape index (κ2) is 6.64. The van der Waals surface area contributed by atoms with Crippen LogP contribution in [0.1, 0.15) is 34.7 Å². The van der Waals surface area contributed by atoms with Gasteiger partial charge in [-0.2, -0.15) is 0 Å². The standard InChI is InChI=1S/C22H20N4O2/c27-21(18-14-23-16-28-18)25-12-9-22(10-13-25,17-6-2-1-3-7-17)19-15-26-11-5-4-8-20(26)24-19/h1-8,11,14-16H,9-10,12-13H2. The number of pyridine rings is 1. The fourth-order valence-corrected chi connectivity index (χ4v) is 4.18. The van der Waals surface area contributed by atoms with E-state index in [4.69, 9.17) is 9.40 Å². The number of likely N-dealkylation sites (tertiary alicyclic amines) is 1. The van der Waals surface area contributed by atoms with Crippen molar-refractivity contribution in [2.75, 3.05) is 13.1 Å². The molecule has 0 saturated carbocycles. The van der Waals surface area contributed by atoms with Gasteiger partial charge in [0.25, 0.3) is 5.91 Å². The van der Waals surface area contributed by atoms with Crippen molar-refractivity contribution in [2.45, 2.75) is 18.3 Å². The van der Waals surface area contributed by atoms with E-state index in [-0.39, 0.29) is 11.3 Å². The third-order valence-corrected chi connectivity index (χ3v) is 5.73. The third-order valence-electron chi connectivity index (χ3n) is 5.73. The van der Waals surface area contributed by atoms with Crippen LogP contribution in [0.2, 0.25) is 0 Å². The fraction of sp³-hybridized carbons (Fsp3) is 0.227. The van der Waals surface area contributed by atoms with Crippen LogP contribution in [0.5, 0.6) is 0 Å². The highest BCUT2D eigenvalue weighted by Crippen LogP contribution is 2.41. The van der Waals surface area contributed by atoms with Crippen molar-refractivity contribution in [2.24, 2.45) is 0 Å². The third kappa shape index (κ3) is 2.69. The molecule has 0 unspecified atom stereocenters. The predicted molar refractivity (Wildman–Crippen MR) is 104 cm³/mol. The summed E-state index contributed by atoms with van der Waals surface area (Å²) in [5, 5.41) is 0. The zero-order valence-corrected chi connectivity index (χ0v) is 15.4. The first-order valence-electron chi connectivity index (χ1n) is 9.44. The molecule has 1 aliphatic rings. The molecule has 0 atom stereocenters. The summed E-state index contributed by atoms with van der Waals surface area (Å²) in [4.78, 5) is 23.3. The number of benzene rings is 1. The SMILES string of the molecule is O=C(c1cnco1)N1CCC(c2ccccc2)(c2cn3ccccc3n2)CC1. The van der Waals surface area contributed by atoms with Crippen LogP contribution in [0.15, 0.2) is 77.9 Å². The Morgan fingerprint density at radius 1 is 1.04 bits per heavy atom. The maximum Gasteiger partial charge on any atom is 0.291 e. The summed E-state index contributed by atoms with van der Waals surface area (Å²) in [5.74, 6) is 0.189. The van der Waals surface area contributed by atoms with Gasteiger partial charge in [0.1, 0.15) is 5.65 Å². The molecule has 6 heteroatoms. The minimum atomic E-state index is -0.217. The Balaban J connectivity index is 1.51. The van der Waals surface area contributed by atoms with Gasteiger partial charge in [-0.15, -0.1) is 0 Å². The van der Waals surface area contributed by atoms with E-state index in [0.29, 0.717) is 18.8 Å². The van der Waals surface area contributed by atoms with Crippen LogP contribution in [0.25, 0.3) is 5.65 Å². The lowest BCUT2D eigenvalue weighted by Gasteiger charge is -2.41. The predicted octanol–water partition coefficient (Wildman–Crippen LogP) is 3.54. The van der Waals surface area contributed by atoms with E-state index in [1.807, 2.05) is 35.4 Å². The molecule has 1 aliphatic heterocycles. The van der Waals surface area contributed by atoms with Gasteiger partial charge in [0.05, 0.1) is 11.9 Å². The number of aromatic nitrogens is 3. The molecule has 1 fully saturated rings. The van der Waals surface area contributed by atoms with E-state index in [9.17, 15) is 4.79 Å². The van der Waals surface area contributed by atoms with Crippen molar-refractivity contribution in [1.29, 1.82) is 0 Å². The van der Waals surface area contributed by atoms with Crippen molar-refractivity contribution in [3.8, 4) is 0 Å². The number of rotatable bonds is 3. The fourth-order valence-electron chi connectivity index (χ4n) is 4.18. The van der Waals surface area contributed by atoms with Crippen molar-refractivity contribution < 1.29 is 9.21 Å². The quantitative estimate of drug-likeness (QED) is 0.552. The summed E-state index contributed by atoms with van der Waals surface area (Å²) >= 11 is 0. The average molecular weight is 372 g/mol. The molecule has 0 N–H and O–H groups in total. The monoisotopic (exact) mass is 372 g/mol. The molecule has 140 valence electrons. The van der Waals surface area contributed by atoms with Gasteiger partial charge in [0.2, 0.25) is 5.76 Å². The second-order valence-corrected chi connectivity index (χ2v) is 7.20. The van der Waals surface area contributed by atoms with Crippen LogP contribution in [-0.4, -0.2) is 38.3 Å². The zero-order valence-electron chi connectivity index (χ0n) is 15.4. The van der Waals surface area contributed by atoms with Gasteiger partial charge < -0.3 is 13.7 Å². The average Bonchev–Trinajstić information content (AvgIpc) is 3.44. The van der Waals surface area contributed by atoms with Crippen LogP contribution < -0.4 is 0 Å². The van der Waals surface area contributed by atoms with Crippen molar-refractivity contribution in [1.82, 2.24) is 19.3 Å². The molecule has 1 saturated heterocycles. The Kier molecular flexibility index (Phi) is 3.97. The molecular weight excluding hydrogens is 352 g/mol. The van der Waals surface area contributed by atoms with Crippen LogP contribution in [0, 0.1) is 0 Å². The maximum atomic E-state index is 12.7. The van der Waals surface area contributed by atoms with E-state index in [1.54, 1.807) is 0 Å². The van der Waals surface area contributed by atoms with Gasteiger partial charge in [-0.3, -0.25) is 4.79 Å². The highest BCUT2D eigenvalue weighted by molar-refractivity contribution is 5.91. The number of imidazole rings is 1. The van der Waals surface area contributed by atoms with E-state index < -0.39 is 0 Å². The van der Waals surface area contributed by atoms with Crippen LogP contribution in [0.3, 0.4) is 0 Å². The number of carbonyl (C=O) groups is 1. The van der Waals surface area contributed by atoms with Crippen molar-refractivity contribution in [3.05, 3.63) is 90.5 Å². The van der Waals surface area contributed by atoms with Gasteiger partial charge in [-0.1, -0.05) is 36.4 Å². The Labute approximate surface area is 162 Å². The summed E-state index contributed by atoms with van der Waals surface area (Å²) in [6, 6.07) is 16.5. The normalized spacial score (nSPS) is 16.4. The number of hydrogen-bond acceptors (Lipinski definition) is 4. The number of carbonyl (C=O) groups excluding carboxylic acids is 1. The Hall–Kier alpha value is -3.41. The number of piperidine rings is 1. The van der Waals surface area contributed by atoms with Gasteiger partial charge >= 0.3 is 0 Å². The number of nitrogens with zero attached hydrogens (tertiary/aromatic N) is 4. The molecule has 3 aromatic heterocycles. The lowest BCUT2D eigenvalue weighted by molar-refractivity contribution is 0.0652. The topological polar surface area (TPSA) is 63.6 Å². The largest absolute Gasteiger partial charge is 0.438 e. The molecule has 28 heavy (non-hydrogen) atoms. The van der Waals surface area contributed by atoms with Gasteiger partial charge in [-0.25, -0.2) is 9.97 Å². The van der Waals surface area contributed by atoms with Crippen LogP contribution >= 0.6 is 0 Å². The lowest BCUT2D eigenvalue weighted by atomic mass is 9.70. The molecule has 4 aromatic rings. The minimum Gasteiger partial charge on any atom is -0.438 e. The highest BCUT2D eigenvalue weighted by atomic mass is 16.3. The summed E-state index contributed by atoms with van der Waals surface area (Å²) in [7, 11) is 0. The van der Waals surface area contributed by atoms with Crippen LogP contribution in [-0.2, 0) is 5.41 Å². The van der Waals surface area contributed by atoms with Crippen LogP contribution in [0.4, 0.5) is 0 Å². The molecule has 0 radical (unpaired) electrons. The Bertz CT molecular complexity index is 1060. The molecule has 0 spiro atoms. The molecule has 0 bridgehead atoms.